The fourth-order valence-electron chi connectivity index (χ4n) is 2.63. The summed E-state index contributed by atoms with van der Waals surface area (Å²) < 4.78 is 2.26. The molecular formula is C16H31IN6. The molecule has 0 radical (unpaired) electrons. The zero-order valence-electron chi connectivity index (χ0n) is 14.6. The lowest BCUT2D eigenvalue weighted by Crippen LogP contribution is -2.38. The summed E-state index contributed by atoms with van der Waals surface area (Å²) in [5.74, 6) is 3.68. The minimum absolute atomic E-state index is 0. The van der Waals surface area contributed by atoms with Crippen molar-refractivity contribution in [2.45, 2.75) is 66.0 Å². The number of fused-ring (bicyclic) bond motifs is 1. The van der Waals surface area contributed by atoms with Gasteiger partial charge in [-0.1, -0.05) is 20.3 Å². The third-order valence-electron chi connectivity index (χ3n) is 3.92. The molecule has 0 atom stereocenters. The van der Waals surface area contributed by atoms with E-state index in [0.717, 1.165) is 50.1 Å². The Morgan fingerprint density at radius 2 is 2.04 bits per heavy atom. The fraction of sp³-hybridized carbons (Fsp3) is 0.812. The standard InChI is InChI=1S/C16H30N6.HI/c1-4-17-16(18-10-9-13(2)3)19-12-15-21-20-14-8-6-5-7-11-22(14)15;/h13H,4-12H2,1-3H3,(H2,17,18,19);1H. The van der Waals surface area contributed by atoms with Crippen molar-refractivity contribution in [3.63, 3.8) is 0 Å². The highest BCUT2D eigenvalue weighted by Gasteiger charge is 2.14. The first kappa shape index (κ1) is 20.2. The van der Waals surface area contributed by atoms with E-state index in [1.807, 2.05) is 0 Å². The summed E-state index contributed by atoms with van der Waals surface area (Å²) in [4.78, 5) is 4.66. The number of hydrogen-bond acceptors (Lipinski definition) is 3. The topological polar surface area (TPSA) is 67.1 Å². The molecule has 0 unspecified atom stereocenters. The van der Waals surface area contributed by atoms with Crippen molar-refractivity contribution in [1.29, 1.82) is 0 Å². The van der Waals surface area contributed by atoms with Crippen LogP contribution in [0.4, 0.5) is 0 Å². The van der Waals surface area contributed by atoms with Crippen LogP contribution in [0.1, 0.15) is 58.1 Å². The highest BCUT2D eigenvalue weighted by atomic mass is 127. The van der Waals surface area contributed by atoms with Crippen molar-refractivity contribution >= 4 is 29.9 Å². The van der Waals surface area contributed by atoms with Crippen LogP contribution in [0, 0.1) is 5.92 Å². The molecule has 2 rings (SSSR count). The maximum atomic E-state index is 4.66. The average Bonchev–Trinajstić information content (AvgIpc) is 2.71. The molecule has 23 heavy (non-hydrogen) atoms. The van der Waals surface area contributed by atoms with Gasteiger partial charge in [0.05, 0.1) is 0 Å². The SMILES string of the molecule is CCNC(=NCc1nnc2n1CCCCC2)NCCC(C)C.I. The lowest BCUT2D eigenvalue weighted by Gasteiger charge is -2.12. The van der Waals surface area contributed by atoms with Crippen LogP contribution in [-0.4, -0.2) is 33.8 Å². The van der Waals surface area contributed by atoms with Crippen molar-refractivity contribution < 1.29 is 0 Å². The van der Waals surface area contributed by atoms with Gasteiger partial charge in [-0.25, -0.2) is 4.99 Å². The molecule has 0 saturated heterocycles. The van der Waals surface area contributed by atoms with Crippen molar-refractivity contribution in [2.24, 2.45) is 10.9 Å². The normalized spacial score (nSPS) is 14.9. The lowest BCUT2D eigenvalue weighted by molar-refractivity contribution is 0.572. The minimum atomic E-state index is 0. The van der Waals surface area contributed by atoms with Crippen LogP contribution in [0.15, 0.2) is 4.99 Å². The Balaban J connectivity index is 0.00000264. The second-order valence-electron chi connectivity index (χ2n) is 6.30. The van der Waals surface area contributed by atoms with Crippen molar-refractivity contribution in [2.75, 3.05) is 13.1 Å². The van der Waals surface area contributed by atoms with Crippen molar-refractivity contribution in [3.05, 3.63) is 11.6 Å². The van der Waals surface area contributed by atoms with E-state index in [1.54, 1.807) is 0 Å². The maximum Gasteiger partial charge on any atom is 0.191 e. The van der Waals surface area contributed by atoms with Gasteiger partial charge < -0.3 is 15.2 Å². The van der Waals surface area contributed by atoms with Gasteiger partial charge >= 0.3 is 0 Å². The first-order valence-corrected chi connectivity index (χ1v) is 8.63. The highest BCUT2D eigenvalue weighted by Crippen LogP contribution is 2.14. The zero-order chi connectivity index (χ0) is 15.8. The van der Waals surface area contributed by atoms with Crippen LogP contribution < -0.4 is 10.6 Å². The molecule has 0 saturated carbocycles. The third kappa shape index (κ3) is 6.64. The average molecular weight is 434 g/mol. The number of nitrogens with zero attached hydrogens (tertiary/aromatic N) is 4. The quantitative estimate of drug-likeness (QED) is 0.411. The molecule has 0 fully saturated rings. The predicted octanol–water partition coefficient (Wildman–Crippen LogP) is 2.72. The summed E-state index contributed by atoms with van der Waals surface area (Å²) in [5.41, 5.74) is 0. The molecule has 0 aromatic carbocycles. The molecule has 1 aliphatic rings. The van der Waals surface area contributed by atoms with E-state index in [4.69, 9.17) is 0 Å². The molecule has 6 nitrogen and oxygen atoms in total. The number of aliphatic imine (C=N–C) groups is 1. The number of rotatable bonds is 6. The van der Waals surface area contributed by atoms with E-state index in [0.29, 0.717) is 12.5 Å². The number of guanidine groups is 1. The minimum Gasteiger partial charge on any atom is -0.357 e. The molecular weight excluding hydrogens is 403 g/mol. The van der Waals surface area contributed by atoms with Gasteiger partial charge in [0, 0.05) is 26.1 Å². The Kier molecular flexibility index (Phi) is 9.50. The van der Waals surface area contributed by atoms with Gasteiger partial charge in [0.2, 0.25) is 0 Å². The summed E-state index contributed by atoms with van der Waals surface area (Å²) in [7, 11) is 0. The fourth-order valence-corrected chi connectivity index (χ4v) is 2.63. The molecule has 2 N–H and O–H groups in total. The predicted molar refractivity (Wildman–Crippen MR) is 105 cm³/mol. The van der Waals surface area contributed by atoms with Crippen LogP contribution in [0.3, 0.4) is 0 Å². The lowest BCUT2D eigenvalue weighted by atomic mass is 10.1. The second-order valence-corrected chi connectivity index (χ2v) is 6.30. The molecule has 0 aliphatic carbocycles. The maximum absolute atomic E-state index is 4.66. The van der Waals surface area contributed by atoms with Crippen molar-refractivity contribution in [3.8, 4) is 0 Å². The van der Waals surface area contributed by atoms with Crippen molar-refractivity contribution in [1.82, 2.24) is 25.4 Å². The summed E-state index contributed by atoms with van der Waals surface area (Å²) in [6.45, 7) is 9.98. The summed E-state index contributed by atoms with van der Waals surface area (Å²) in [6.07, 6.45) is 5.91. The van der Waals surface area contributed by atoms with E-state index in [-0.39, 0.29) is 24.0 Å². The molecule has 0 spiro atoms. The van der Waals surface area contributed by atoms with Crippen LogP contribution in [0.5, 0.6) is 0 Å². The Labute approximate surface area is 157 Å². The molecule has 7 heteroatoms. The Morgan fingerprint density at radius 1 is 1.22 bits per heavy atom. The van der Waals surface area contributed by atoms with Crippen LogP contribution in [0.2, 0.25) is 0 Å². The van der Waals surface area contributed by atoms with Crippen LogP contribution >= 0.6 is 24.0 Å². The summed E-state index contributed by atoms with van der Waals surface area (Å²) in [5, 5.41) is 15.3. The number of halogens is 1. The van der Waals surface area contributed by atoms with E-state index in [2.05, 4.69) is 51.2 Å². The van der Waals surface area contributed by atoms with Gasteiger partial charge in [0.25, 0.3) is 0 Å². The van der Waals surface area contributed by atoms with Gasteiger partial charge in [0.1, 0.15) is 12.4 Å². The van der Waals surface area contributed by atoms with E-state index in [1.165, 1.54) is 19.3 Å². The molecule has 1 aromatic rings. The molecule has 1 aliphatic heterocycles. The van der Waals surface area contributed by atoms with Crippen LogP contribution in [-0.2, 0) is 19.5 Å². The van der Waals surface area contributed by atoms with E-state index < -0.39 is 0 Å². The number of aromatic nitrogens is 3. The molecule has 2 heterocycles. The smallest absolute Gasteiger partial charge is 0.191 e. The van der Waals surface area contributed by atoms with E-state index >= 15 is 0 Å². The van der Waals surface area contributed by atoms with Gasteiger partial charge in [-0.3, -0.25) is 0 Å². The first-order chi connectivity index (χ1) is 10.7. The zero-order valence-corrected chi connectivity index (χ0v) is 17.0. The van der Waals surface area contributed by atoms with Gasteiger partial charge in [-0.2, -0.15) is 0 Å². The number of aryl methyl sites for hydroxylation is 1. The Morgan fingerprint density at radius 3 is 2.78 bits per heavy atom. The van der Waals surface area contributed by atoms with Gasteiger partial charge in [-0.15, -0.1) is 34.2 Å². The highest BCUT2D eigenvalue weighted by molar-refractivity contribution is 14.0. The molecule has 1 aromatic heterocycles. The summed E-state index contributed by atoms with van der Waals surface area (Å²) in [6, 6.07) is 0. The van der Waals surface area contributed by atoms with Gasteiger partial charge in [0.15, 0.2) is 11.8 Å². The third-order valence-corrected chi connectivity index (χ3v) is 3.92. The second kappa shape index (κ2) is 10.8. The van der Waals surface area contributed by atoms with Crippen LogP contribution in [0.25, 0.3) is 0 Å². The number of nitrogens with one attached hydrogen (secondary N) is 2. The Bertz CT molecular complexity index is 483. The molecule has 0 bridgehead atoms. The molecule has 0 amide bonds. The van der Waals surface area contributed by atoms with Gasteiger partial charge in [-0.05, 0) is 32.1 Å². The Hall–Kier alpha value is -0.860. The monoisotopic (exact) mass is 434 g/mol. The molecule has 132 valence electrons. The first-order valence-electron chi connectivity index (χ1n) is 8.63. The summed E-state index contributed by atoms with van der Waals surface area (Å²) >= 11 is 0. The number of hydrogen-bond donors (Lipinski definition) is 2. The van der Waals surface area contributed by atoms with E-state index in [9.17, 15) is 0 Å². The largest absolute Gasteiger partial charge is 0.357 e.